The summed E-state index contributed by atoms with van der Waals surface area (Å²) in [6, 6.07) is 12.1. The molecule has 1 aliphatic rings. The number of amides is 1. The van der Waals surface area contributed by atoms with Gasteiger partial charge in [0.25, 0.3) is 5.91 Å². The van der Waals surface area contributed by atoms with E-state index in [4.69, 9.17) is 0 Å². The van der Waals surface area contributed by atoms with E-state index in [9.17, 15) is 4.79 Å². The topological polar surface area (TPSA) is 57.3 Å². The van der Waals surface area contributed by atoms with E-state index in [1.807, 2.05) is 6.07 Å². The summed E-state index contributed by atoms with van der Waals surface area (Å²) in [7, 11) is 0. The van der Waals surface area contributed by atoms with Gasteiger partial charge in [-0.1, -0.05) is 13.8 Å². The van der Waals surface area contributed by atoms with Crippen LogP contribution in [0.3, 0.4) is 0 Å². The smallest absolute Gasteiger partial charge is 0.252 e. The zero-order chi connectivity index (χ0) is 18.4. The van der Waals surface area contributed by atoms with Crippen molar-refractivity contribution in [2.45, 2.75) is 33.1 Å². The van der Waals surface area contributed by atoms with E-state index in [0.29, 0.717) is 18.0 Å². The number of hydrogen-bond donors (Lipinski definition) is 2. The normalized spacial score (nSPS) is 13.9. The van der Waals surface area contributed by atoms with E-state index in [0.717, 1.165) is 31.0 Å². The minimum absolute atomic E-state index is 0.0698. The predicted octanol–water partition coefficient (Wildman–Crippen LogP) is 4.20. The molecule has 1 aromatic carbocycles. The number of pyridine rings is 1. The van der Waals surface area contributed by atoms with Gasteiger partial charge in [-0.2, -0.15) is 0 Å². The van der Waals surface area contributed by atoms with Gasteiger partial charge >= 0.3 is 0 Å². The fourth-order valence-electron chi connectivity index (χ4n) is 3.06. The lowest BCUT2D eigenvalue weighted by atomic mass is 10.1. The molecule has 0 radical (unpaired) electrons. The van der Waals surface area contributed by atoms with Crippen molar-refractivity contribution in [3.05, 3.63) is 48.2 Å². The molecule has 0 spiro atoms. The number of hydrogen-bond acceptors (Lipinski definition) is 4. The summed E-state index contributed by atoms with van der Waals surface area (Å²) in [5.41, 5.74) is 2.85. The summed E-state index contributed by atoms with van der Waals surface area (Å²) < 4.78 is 0. The first kappa shape index (κ1) is 18.2. The van der Waals surface area contributed by atoms with Crippen LogP contribution in [0.2, 0.25) is 0 Å². The van der Waals surface area contributed by atoms with Crippen LogP contribution in [0.25, 0.3) is 0 Å². The van der Waals surface area contributed by atoms with E-state index in [1.54, 1.807) is 12.3 Å². The molecule has 2 heterocycles. The fraction of sp³-hybridized carbons (Fsp3) is 0.429. The van der Waals surface area contributed by atoms with Gasteiger partial charge in [0.15, 0.2) is 0 Å². The highest BCUT2D eigenvalue weighted by Crippen LogP contribution is 2.23. The molecule has 1 aliphatic heterocycles. The molecule has 0 aliphatic carbocycles. The van der Waals surface area contributed by atoms with Crippen LogP contribution >= 0.6 is 0 Å². The van der Waals surface area contributed by atoms with E-state index in [-0.39, 0.29) is 5.91 Å². The van der Waals surface area contributed by atoms with Crippen molar-refractivity contribution in [3.8, 4) is 0 Å². The molecule has 1 amide bonds. The van der Waals surface area contributed by atoms with E-state index < -0.39 is 0 Å². The summed E-state index contributed by atoms with van der Waals surface area (Å²) in [5, 5.41) is 6.21. The number of carbonyl (C=O) groups is 1. The Kier molecular flexibility index (Phi) is 6.10. The van der Waals surface area contributed by atoms with Crippen molar-refractivity contribution in [2.75, 3.05) is 29.9 Å². The number of benzene rings is 1. The Morgan fingerprint density at radius 2 is 1.85 bits per heavy atom. The molecule has 2 N–H and O–H groups in total. The molecule has 5 nitrogen and oxygen atoms in total. The SMILES string of the molecule is CC(C)CCNC(=O)c1ccc(Nc2ccc(N3CCCC3)cc2)nc1. The van der Waals surface area contributed by atoms with E-state index in [1.165, 1.54) is 18.5 Å². The summed E-state index contributed by atoms with van der Waals surface area (Å²) in [4.78, 5) is 18.9. The Balaban J connectivity index is 1.54. The van der Waals surface area contributed by atoms with Gasteiger partial charge in [-0.15, -0.1) is 0 Å². The van der Waals surface area contributed by atoms with Gasteiger partial charge in [-0.3, -0.25) is 4.79 Å². The van der Waals surface area contributed by atoms with Gasteiger partial charge in [0, 0.05) is 37.2 Å². The first-order valence-corrected chi connectivity index (χ1v) is 9.48. The first-order valence-electron chi connectivity index (χ1n) is 9.48. The number of rotatable bonds is 7. The van der Waals surface area contributed by atoms with Gasteiger partial charge in [-0.05, 0) is 61.6 Å². The van der Waals surface area contributed by atoms with Crippen molar-refractivity contribution in [3.63, 3.8) is 0 Å². The maximum absolute atomic E-state index is 12.1. The third-order valence-corrected chi connectivity index (χ3v) is 4.64. The van der Waals surface area contributed by atoms with Gasteiger partial charge in [-0.25, -0.2) is 4.98 Å². The average molecular weight is 352 g/mol. The Morgan fingerprint density at radius 3 is 2.46 bits per heavy atom. The maximum atomic E-state index is 12.1. The monoisotopic (exact) mass is 352 g/mol. The van der Waals surface area contributed by atoms with Crippen LogP contribution in [0, 0.1) is 5.92 Å². The van der Waals surface area contributed by atoms with Crippen LogP contribution in [0.15, 0.2) is 42.6 Å². The number of aromatic nitrogens is 1. The highest BCUT2D eigenvalue weighted by Gasteiger charge is 2.12. The molecule has 0 saturated carbocycles. The maximum Gasteiger partial charge on any atom is 0.252 e. The summed E-state index contributed by atoms with van der Waals surface area (Å²) >= 11 is 0. The molecule has 138 valence electrons. The molecule has 3 rings (SSSR count). The molecule has 1 fully saturated rings. The van der Waals surface area contributed by atoms with Crippen LogP contribution in [0.5, 0.6) is 0 Å². The highest BCUT2D eigenvalue weighted by molar-refractivity contribution is 5.94. The highest BCUT2D eigenvalue weighted by atomic mass is 16.1. The number of anilines is 3. The second-order valence-corrected chi connectivity index (χ2v) is 7.24. The Bertz CT molecular complexity index is 704. The predicted molar refractivity (Wildman–Crippen MR) is 107 cm³/mol. The molecule has 1 saturated heterocycles. The van der Waals surface area contributed by atoms with Gasteiger partial charge < -0.3 is 15.5 Å². The Labute approximate surface area is 155 Å². The Hall–Kier alpha value is -2.56. The average Bonchev–Trinajstić information content (AvgIpc) is 3.17. The molecule has 26 heavy (non-hydrogen) atoms. The summed E-state index contributed by atoms with van der Waals surface area (Å²) in [6.45, 7) is 7.28. The van der Waals surface area contributed by atoms with Gasteiger partial charge in [0.2, 0.25) is 0 Å². The molecule has 5 heteroatoms. The molecule has 2 aromatic rings. The van der Waals surface area contributed by atoms with Crippen LogP contribution in [0.1, 0.15) is 43.5 Å². The summed E-state index contributed by atoms with van der Waals surface area (Å²) in [6.07, 6.45) is 5.15. The second-order valence-electron chi connectivity index (χ2n) is 7.24. The van der Waals surface area contributed by atoms with Crippen molar-refractivity contribution < 1.29 is 4.79 Å². The fourth-order valence-corrected chi connectivity index (χ4v) is 3.06. The Morgan fingerprint density at radius 1 is 1.12 bits per heavy atom. The molecule has 1 aromatic heterocycles. The van der Waals surface area contributed by atoms with Crippen LogP contribution < -0.4 is 15.5 Å². The summed E-state index contributed by atoms with van der Waals surface area (Å²) in [5.74, 6) is 1.24. The zero-order valence-electron chi connectivity index (χ0n) is 15.7. The second kappa shape index (κ2) is 8.70. The van der Waals surface area contributed by atoms with Crippen LogP contribution in [-0.2, 0) is 0 Å². The molecular weight excluding hydrogens is 324 g/mol. The van der Waals surface area contributed by atoms with Crippen LogP contribution in [-0.4, -0.2) is 30.5 Å². The van der Waals surface area contributed by atoms with Crippen molar-refractivity contribution >= 4 is 23.1 Å². The molecule has 0 unspecified atom stereocenters. The lowest BCUT2D eigenvalue weighted by Crippen LogP contribution is -2.25. The van der Waals surface area contributed by atoms with Gasteiger partial charge in [0.05, 0.1) is 5.56 Å². The van der Waals surface area contributed by atoms with E-state index in [2.05, 4.69) is 58.6 Å². The zero-order valence-corrected chi connectivity index (χ0v) is 15.7. The lowest BCUT2D eigenvalue weighted by molar-refractivity contribution is 0.0951. The first-order chi connectivity index (χ1) is 12.6. The quantitative estimate of drug-likeness (QED) is 0.784. The standard InChI is InChI=1S/C21H28N4O/c1-16(2)11-12-22-21(26)17-5-10-20(23-15-17)24-18-6-8-19(9-7-18)25-13-3-4-14-25/h5-10,15-16H,3-4,11-14H2,1-2H3,(H,22,26)(H,23,24). The molecule has 0 bridgehead atoms. The third-order valence-electron chi connectivity index (χ3n) is 4.64. The molecule has 0 atom stereocenters. The molecular formula is C21H28N4O. The number of nitrogens with one attached hydrogen (secondary N) is 2. The third kappa shape index (κ3) is 4.97. The largest absolute Gasteiger partial charge is 0.372 e. The lowest BCUT2D eigenvalue weighted by Gasteiger charge is -2.17. The number of carbonyl (C=O) groups excluding carboxylic acids is 1. The van der Waals surface area contributed by atoms with Crippen molar-refractivity contribution in [1.82, 2.24) is 10.3 Å². The van der Waals surface area contributed by atoms with Crippen LogP contribution in [0.4, 0.5) is 17.2 Å². The van der Waals surface area contributed by atoms with Crippen molar-refractivity contribution in [2.24, 2.45) is 5.92 Å². The van der Waals surface area contributed by atoms with Gasteiger partial charge in [0.1, 0.15) is 5.82 Å². The minimum atomic E-state index is -0.0698. The minimum Gasteiger partial charge on any atom is -0.372 e. The van der Waals surface area contributed by atoms with Crippen molar-refractivity contribution in [1.29, 1.82) is 0 Å². The number of nitrogens with zero attached hydrogens (tertiary/aromatic N) is 2. The van der Waals surface area contributed by atoms with E-state index >= 15 is 0 Å².